The maximum Gasteiger partial charge on any atom is 0.252 e. The van der Waals surface area contributed by atoms with Gasteiger partial charge in [-0.25, -0.2) is 4.98 Å². The highest BCUT2D eigenvalue weighted by Gasteiger charge is 2.33. The van der Waals surface area contributed by atoms with E-state index in [9.17, 15) is 4.79 Å². The predicted octanol–water partition coefficient (Wildman–Crippen LogP) is 6.47. The molecule has 2 heterocycles. The SMILES string of the molecule is CC(C)(C)[C@@H](NC(=O)c1cc(-c2ccccc2)nc2ccccc12)c1nc(-c2ccccc2)no1. The summed E-state index contributed by atoms with van der Waals surface area (Å²) in [5.41, 5.74) is 3.48. The molecule has 1 N–H and O–H groups in total. The third-order valence-electron chi connectivity index (χ3n) is 5.89. The van der Waals surface area contributed by atoms with Crippen LogP contribution in [0.5, 0.6) is 0 Å². The first-order valence-electron chi connectivity index (χ1n) is 11.6. The van der Waals surface area contributed by atoms with Gasteiger partial charge in [-0.05, 0) is 17.5 Å². The van der Waals surface area contributed by atoms with E-state index in [0.717, 1.165) is 27.7 Å². The number of carbonyl (C=O) groups is 1. The number of pyridine rings is 1. The highest BCUT2D eigenvalue weighted by Crippen LogP contribution is 2.34. The zero-order valence-corrected chi connectivity index (χ0v) is 19.9. The van der Waals surface area contributed by atoms with Gasteiger partial charge in [-0.2, -0.15) is 4.98 Å². The van der Waals surface area contributed by atoms with E-state index in [1.165, 1.54) is 0 Å². The van der Waals surface area contributed by atoms with Gasteiger partial charge in [-0.1, -0.05) is 105 Å². The molecule has 0 saturated carbocycles. The lowest BCUT2D eigenvalue weighted by atomic mass is 9.86. The van der Waals surface area contributed by atoms with Crippen LogP contribution in [0.15, 0.2) is 95.5 Å². The molecule has 1 atom stereocenters. The van der Waals surface area contributed by atoms with E-state index in [0.29, 0.717) is 17.3 Å². The third-order valence-corrected chi connectivity index (χ3v) is 5.89. The van der Waals surface area contributed by atoms with Crippen LogP contribution >= 0.6 is 0 Å². The molecule has 1 amide bonds. The van der Waals surface area contributed by atoms with Crippen molar-refractivity contribution in [3.05, 3.63) is 102 Å². The van der Waals surface area contributed by atoms with Gasteiger partial charge in [0.1, 0.15) is 6.04 Å². The molecule has 6 nitrogen and oxygen atoms in total. The summed E-state index contributed by atoms with van der Waals surface area (Å²) < 4.78 is 5.64. The highest BCUT2D eigenvalue weighted by molar-refractivity contribution is 6.07. The number of hydrogen-bond acceptors (Lipinski definition) is 5. The summed E-state index contributed by atoms with van der Waals surface area (Å²) in [4.78, 5) is 23.1. The Bertz CT molecular complexity index is 1470. The summed E-state index contributed by atoms with van der Waals surface area (Å²) in [6, 6.07) is 28.5. The number of amides is 1. The first-order chi connectivity index (χ1) is 16.9. The molecule has 174 valence electrons. The van der Waals surface area contributed by atoms with Crippen molar-refractivity contribution in [3.63, 3.8) is 0 Å². The first kappa shape index (κ1) is 22.5. The fourth-order valence-corrected chi connectivity index (χ4v) is 4.03. The smallest absolute Gasteiger partial charge is 0.252 e. The fraction of sp³-hybridized carbons (Fsp3) is 0.172. The maximum absolute atomic E-state index is 13.7. The monoisotopic (exact) mass is 462 g/mol. The summed E-state index contributed by atoms with van der Waals surface area (Å²) in [6.07, 6.45) is 0. The fourth-order valence-electron chi connectivity index (χ4n) is 4.03. The van der Waals surface area contributed by atoms with Gasteiger partial charge in [0, 0.05) is 16.5 Å². The number of para-hydroxylation sites is 1. The minimum absolute atomic E-state index is 0.222. The van der Waals surface area contributed by atoms with Gasteiger partial charge in [0.25, 0.3) is 5.91 Å². The van der Waals surface area contributed by atoms with Crippen molar-refractivity contribution in [2.45, 2.75) is 26.8 Å². The Balaban J connectivity index is 1.53. The van der Waals surface area contributed by atoms with Crippen molar-refractivity contribution in [2.24, 2.45) is 5.41 Å². The van der Waals surface area contributed by atoms with Gasteiger partial charge in [0.15, 0.2) is 0 Å². The van der Waals surface area contributed by atoms with Gasteiger partial charge in [-0.15, -0.1) is 0 Å². The van der Waals surface area contributed by atoms with Gasteiger partial charge in [0.05, 0.1) is 16.8 Å². The Kier molecular flexibility index (Phi) is 5.87. The van der Waals surface area contributed by atoms with Crippen LogP contribution in [0.4, 0.5) is 0 Å². The average molecular weight is 463 g/mol. The molecule has 0 spiro atoms. The van der Waals surface area contributed by atoms with Crippen LogP contribution in [0, 0.1) is 5.41 Å². The molecular weight excluding hydrogens is 436 g/mol. The first-order valence-corrected chi connectivity index (χ1v) is 11.6. The summed E-state index contributed by atoms with van der Waals surface area (Å²) in [5, 5.41) is 8.10. The number of benzene rings is 3. The van der Waals surface area contributed by atoms with Crippen LogP contribution in [0.3, 0.4) is 0 Å². The maximum atomic E-state index is 13.7. The number of rotatable bonds is 5. The van der Waals surface area contributed by atoms with Crippen molar-refractivity contribution >= 4 is 16.8 Å². The predicted molar refractivity (Wildman–Crippen MR) is 137 cm³/mol. The topological polar surface area (TPSA) is 80.9 Å². The van der Waals surface area contributed by atoms with E-state index >= 15 is 0 Å². The van der Waals surface area contributed by atoms with Gasteiger partial charge in [-0.3, -0.25) is 4.79 Å². The number of fused-ring (bicyclic) bond motifs is 1. The molecule has 35 heavy (non-hydrogen) atoms. The van der Waals surface area contributed by atoms with E-state index < -0.39 is 6.04 Å². The molecule has 5 aromatic rings. The normalized spacial score (nSPS) is 12.4. The molecule has 0 unspecified atom stereocenters. The van der Waals surface area contributed by atoms with Gasteiger partial charge < -0.3 is 9.84 Å². The Morgan fingerprint density at radius 2 is 1.46 bits per heavy atom. The van der Waals surface area contributed by atoms with Gasteiger partial charge in [0.2, 0.25) is 11.7 Å². The average Bonchev–Trinajstić information content (AvgIpc) is 3.36. The molecule has 6 heteroatoms. The number of hydrogen-bond donors (Lipinski definition) is 1. The molecule has 0 radical (unpaired) electrons. The minimum Gasteiger partial charge on any atom is -0.340 e. The summed E-state index contributed by atoms with van der Waals surface area (Å²) in [5.74, 6) is 0.635. The molecule has 5 rings (SSSR count). The molecule has 3 aromatic carbocycles. The highest BCUT2D eigenvalue weighted by atomic mass is 16.5. The number of carbonyl (C=O) groups excluding carboxylic acids is 1. The Morgan fingerprint density at radius 3 is 2.14 bits per heavy atom. The van der Waals surface area contributed by atoms with E-state index in [1.807, 2.05) is 112 Å². The minimum atomic E-state index is -0.493. The standard InChI is InChI=1S/C29H26N4O2/c1-29(2,3)25(28-32-26(33-35-28)20-14-8-5-9-15-20)31-27(34)22-18-24(19-12-6-4-7-13-19)30-23-17-11-10-16-21(22)23/h4-18,25H,1-3H3,(H,31,34)/t25-/m0/s1. The van der Waals surface area contributed by atoms with Crippen molar-refractivity contribution in [1.29, 1.82) is 0 Å². The Morgan fingerprint density at radius 1 is 0.829 bits per heavy atom. The van der Waals surface area contributed by atoms with Crippen molar-refractivity contribution in [1.82, 2.24) is 20.4 Å². The molecule has 0 aliphatic rings. The van der Waals surface area contributed by atoms with Crippen LogP contribution in [0.2, 0.25) is 0 Å². The van der Waals surface area contributed by atoms with Crippen LogP contribution in [0.25, 0.3) is 33.5 Å². The molecule has 0 fully saturated rings. The number of nitrogens with zero attached hydrogens (tertiary/aromatic N) is 3. The molecule has 0 saturated heterocycles. The van der Waals surface area contributed by atoms with Crippen molar-refractivity contribution < 1.29 is 9.32 Å². The Hall–Kier alpha value is -4.32. The Labute approximate surface area is 204 Å². The third kappa shape index (κ3) is 4.68. The molecule has 0 bridgehead atoms. The lowest BCUT2D eigenvalue weighted by Crippen LogP contribution is -2.37. The van der Waals surface area contributed by atoms with Crippen LogP contribution < -0.4 is 5.32 Å². The molecule has 0 aliphatic carbocycles. The van der Waals surface area contributed by atoms with Gasteiger partial charge >= 0.3 is 0 Å². The van der Waals surface area contributed by atoms with Crippen LogP contribution in [-0.2, 0) is 0 Å². The quantitative estimate of drug-likeness (QED) is 0.324. The molecule has 2 aromatic heterocycles. The zero-order chi connectivity index (χ0) is 24.4. The van der Waals surface area contributed by atoms with Crippen LogP contribution in [0.1, 0.15) is 43.1 Å². The van der Waals surface area contributed by atoms with Crippen molar-refractivity contribution in [2.75, 3.05) is 0 Å². The van der Waals surface area contributed by atoms with Crippen LogP contribution in [-0.4, -0.2) is 21.0 Å². The van der Waals surface area contributed by atoms with E-state index in [1.54, 1.807) is 0 Å². The lowest BCUT2D eigenvalue weighted by Gasteiger charge is -2.28. The second kappa shape index (κ2) is 9.14. The lowest BCUT2D eigenvalue weighted by molar-refractivity contribution is 0.0882. The second-order valence-corrected chi connectivity index (χ2v) is 9.53. The summed E-state index contributed by atoms with van der Waals surface area (Å²) in [7, 11) is 0. The number of nitrogens with one attached hydrogen (secondary N) is 1. The van der Waals surface area contributed by atoms with E-state index in [-0.39, 0.29) is 11.3 Å². The largest absolute Gasteiger partial charge is 0.340 e. The van der Waals surface area contributed by atoms with Crippen molar-refractivity contribution in [3.8, 4) is 22.6 Å². The van der Waals surface area contributed by atoms with E-state index in [4.69, 9.17) is 9.51 Å². The molecular formula is C29H26N4O2. The number of aromatic nitrogens is 3. The molecule has 0 aliphatic heterocycles. The zero-order valence-electron chi connectivity index (χ0n) is 19.9. The van der Waals surface area contributed by atoms with E-state index in [2.05, 4.69) is 15.5 Å². The summed E-state index contributed by atoms with van der Waals surface area (Å²) in [6.45, 7) is 6.10. The second-order valence-electron chi connectivity index (χ2n) is 9.53. The summed E-state index contributed by atoms with van der Waals surface area (Å²) >= 11 is 0.